The van der Waals surface area contributed by atoms with E-state index in [1.54, 1.807) is 11.8 Å². The molecule has 0 saturated heterocycles. The van der Waals surface area contributed by atoms with Crippen molar-refractivity contribution >= 4 is 40.2 Å². The van der Waals surface area contributed by atoms with Crippen molar-refractivity contribution in [3.63, 3.8) is 0 Å². The molecule has 2 N–H and O–H groups in total. The normalized spacial score (nSPS) is 10.9. The van der Waals surface area contributed by atoms with Gasteiger partial charge < -0.3 is 15.2 Å². The molecule has 2 aromatic heterocycles. The van der Waals surface area contributed by atoms with Gasteiger partial charge in [0.15, 0.2) is 5.16 Å². The number of hydrogen-bond acceptors (Lipinski definition) is 5. The van der Waals surface area contributed by atoms with Crippen molar-refractivity contribution in [3.8, 4) is 0 Å². The quantitative estimate of drug-likeness (QED) is 0.355. The third-order valence-electron chi connectivity index (χ3n) is 4.56. The number of urea groups is 1. The van der Waals surface area contributed by atoms with Gasteiger partial charge in [-0.1, -0.05) is 30.0 Å². The Morgan fingerprint density at radius 1 is 0.933 bits per heavy atom. The zero-order valence-corrected chi connectivity index (χ0v) is 17.8. The number of benzene rings is 2. The number of nitrogens with one attached hydrogen (secondary N) is 2. The number of aryl methyl sites for hydroxylation is 3. The fourth-order valence-corrected chi connectivity index (χ4v) is 4.09. The summed E-state index contributed by atoms with van der Waals surface area (Å²) in [7, 11) is 1.99. The smallest absolute Gasteiger partial charge is 0.323 e. The van der Waals surface area contributed by atoms with Gasteiger partial charge in [-0.2, -0.15) is 0 Å². The lowest BCUT2D eigenvalue weighted by atomic mass is 10.2. The van der Waals surface area contributed by atoms with E-state index >= 15 is 0 Å². The molecule has 0 bridgehead atoms. The molecule has 152 valence electrons. The Hall–Kier alpha value is -3.39. The summed E-state index contributed by atoms with van der Waals surface area (Å²) in [6.45, 7) is 3.94. The van der Waals surface area contributed by atoms with Crippen molar-refractivity contribution in [2.24, 2.45) is 7.05 Å². The fraction of sp³-hybridized carbons (Fsp3) is 0.182. The average Bonchev–Trinajstić information content (AvgIpc) is 3.01. The van der Waals surface area contributed by atoms with Gasteiger partial charge in [0.25, 0.3) is 0 Å². The first-order valence-electron chi connectivity index (χ1n) is 9.51. The first kappa shape index (κ1) is 19.9. The zero-order chi connectivity index (χ0) is 21.1. The second-order valence-corrected chi connectivity index (χ2v) is 7.90. The molecule has 4 aromatic rings. The fourth-order valence-electron chi connectivity index (χ4n) is 3.16. The van der Waals surface area contributed by atoms with Crippen molar-refractivity contribution < 1.29 is 4.79 Å². The van der Waals surface area contributed by atoms with Gasteiger partial charge in [-0.05, 0) is 50.2 Å². The monoisotopic (exact) mass is 418 g/mol. The van der Waals surface area contributed by atoms with Crippen LogP contribution in [-0.2, 0) is 12.8 Å². The highest BCUT2D eigenvalue weighted by Crippen LogP contribution is 2.24. The Morgan fingerprint density at radius 3 is 2.37 bits per heavy atom. The summed E-state index contributed by atoms with van der Waals surface area (Å²) in [4.78, 5) is 25.9. The lowest BCUT2D eigenvalue weighted by molar-refractivity contribution is 0.262. The van der Waals surface area contributed by atoms with Crippen LogP contribution in [0.15, 0.2) is 59.8 Å². The summed E-state index contributed by atoms with van der Waals surface area (Å²) in [5.74, 6) is 1.58. The SMILES string of the molecule is Cc1cc(C)nc(SCc2nc3cc(NC(=O)Nc4ccccc4)ccc3n2C)n1. The van der Waals surface area contributed by atoms with Gasteiger partial charge in [0.05, 0.1) is 16.8 Å². The van der Waals surface area contributed by atoms with E-state index in [4.69, 9.17) is 4.98 Å². The van der Waals surface area contributed by atoms with Gasteiger partial charge in [0.2, 0.25) is 0 Å². The minimum Gasteiger partial charge on any atom is -0.330 e. The predicted molar refractivity (Wildman–Crippen MR) is 121 cm³/mol. The van der Waals surface area contributed by atoms with Gasteiger partial charge in [-0.3, -0.25) is 0 Å². The molecule has 0 aliphatic rings. The second-order valence-electron chi connectivity index (χ2n) is 6.96. The van der Waals surface area contributed by atoms with Crippen LogP contribution in [0.4, 0.5) is 16.2 Å². The number of thioether (sulfide) groups is 1. The Morgan fingerprint density at radius 2 is 1.63 bits per heavy atom. The van der Waals surface area contributed by atoms with Crippen molar-refractivity contribution in [3.05, 3.63) is 71.8 Å². The first-order chi connectivity index (χ1) is 14.5. The van der Waals surface area contributed by atoms with E-state index in [-0.39, 0.29) is 6.03 Å². The van der Waals surface area contributed by atoms with E-state index in [2.05, 4.69) is 25.2 Å². The molecule has 7 nitrogen and oxygen atoms in total. The number of anilines is 2. The molecule has 0 atom stereocenters. The van der Waals surface area contributed by atoms with Crippen LogP contribution in [0.2, 0.25) is 0 Å². The number of para-hydroxylation sites is 1. The maximum absolute atomic E-state index is 12.2. The van der Waals surface area contributed by atoms with Crippen LogP contribution in [0.25, 0.3) is 11.0 Å². The lowest BCUT2D eigenvalue weighted by Gasteiger charge is -2.07. The molecule has 2 aromatic carbocycles. The van der Waals surface area contributed by atoms with Crippen LogP contribution < -0.4 is 10.6 Å². The van der Waals surface area contributed by atoms with Crippen molar-refractivity contribution in [1.29, 1.82) is 0 Å². The molecule has 2 amide bonds. The molecule has 0 unspecified atom stereocenters. The highest BCUT2D eigenvalue weighted by atomic mass is 32.2. The molecule has 0 saturated carbocycles. The van der Waals surface area contributed by atoms with E-state index in [1.165, 1.54) is 0 Å². The van der Waals surface area contributed by atoms with E-state index in [0.29, 0.717) is 11.4 Å². The topological polar surface area (TPSA) is 84.7 Å². The van der Waals surface area contributed by atoms with Crippen LogP contribution in [0, 0.1) is 13.8 Å². The number of amides is 2. The minimum absolute atomic E-state index is 0.292. The van der Waals surface area contributed by atoms with Gasteiger partial charge in [0, 0.05) is 29.8 Å². The van der Waals surface area contributed by atoms with E-state index < -0.39 is 0 Å². The second kappa shape index (κ2) is 8.54. The highest BCUT2D eigenvalue weighted by Gasteiger charge is 2.11. The van der Waals surface area contributed by atoms with Gasteiger partial charge in [-0.15, -0.1) is 0 Å². The van der Waals surface area contributed by atoms with Crippen molar-refractivity contribution in [2.45, 2.75) is 24.8 Å². The number of fused-ring (bicyclic) bond motifs is 1. The number of rotatable bonds is 5. The van der Waals surface area contributed by atoms with Gasteiger partial charge >= 0.3 is 6.03 Å². The molecule has 0 aliphatic carbocycles. The number of nitrogens with zero attached hydrogens (tertiary/aromatic N) is 4. The summed E-state index contributed by atoms with van der Waals surface area (Å²) in [6.07, 6.45) is 0. The van der Waals surface area contributed by atoms with Crippen LogP contribution in [-0.4, -0.2) is 25.6 Å². The summed E-state index contributed by atoms with van der Waals surface area (Å²) < 4.78 is 2.05. The number of carbonyl (C=O) groups excluding carboxylic acids is 1. The van der Waals surface area contributed by atoms with E-state index in [0.717, 1.165) is 39.1 Å². The molecule has 0 fully saturated rings. The minimum atomic E-state index is -0.292. The van der Waals surface area contributed by atoms with Crippen LogP contribution in [0.1, 0.15) is 17.2 Å². The largest absolute Gasteiger partial charge is 0.330 e. The van der Waals surface area contributed by atoms with E-state index in [9.17, 15) is 4.79 Å². The highest BCUT2D eigenvalue weighted by molar-refractivity contribution is 7.98. The summed E-state index contributed by atoms with van der Waals surface area (Å²) in [5, 5.41) is 6.42. The molecule has 4 rings (SSSR count). The first-order valence-corrected chi connectivity index (χ1v) is 10.5. The van der Waals surface area contributed by atoms with Crippen LogP contribution in [0.5, 0.6) is 0 Å². The van der Waals surface area contributed by atoms with Crippen molar-refractivity contribution in [2.75, 3.05) is 10.6 Å². The third kappa shape index (κ3) is 4.60. The number of aromatic nitrogens is 4. The maximum Gasteiger partial charge on any atom is 0.323 e. The number of imidazole rings is 1. The third-order valence-corrected chi connectivity index (χ3v) is 5.40. The Balaban J connectivity index is 1.47. The molecular weight excluding hydrogens is 396 g/mol. The lowest BCUT2D eigenvalue weighted by Crippen LogP contribution is -2.19. The van der Waals surface area contributed by atoms with E-state index in [1.807, 2.05) is 75.5 Å². The molecule has 0 radical (unpaired) electrons. The summed E-state index contributed by atoms with van der Waals surface area (Å²) in [6, 6.07) is 16.7. The molecule has 8 heteroatoms. The standard InChI is InChI=1S/C22H22N6OS/c1-14-11-15(2)24-22(23-14)30-13-20-27-18-12-17(9-10-19(18)28(20)3)26-21(29)25-16-7-5-4-6-8-16/h4-12H,13H2,1-3H3,(H2,25,26,29). The van der Waals surface area contributed by atoms with Crippen molar-refractivity contribution in [1.82, 2.24) is 19.5 Å². The Bertz CT molecular complexity index is 1180. The van der Waals surface area contributed by atoms with Gasteiger partial charge in [0.1, 0.15) is 5.82 Å². The molecule has 2 heterocycles. The molecular formula is C22H22N6OS. The average molecular weight is 419 g/mol. The zero-order valence-electron chi connectivity index (χ0n) is 17.0. The molecule has 0 aliphatic heterocycles. The summed E-state index contributed by atoms with van der Waals surface area (Å²) >= 11 is 1.56. The van der Waals surface area contributed by atoms with Crippen LogP contribution in [0.3, 0.4) is 0 Å². The molecule has 0 spiro atoms. The van der Waals surface area contributed by atoms with Gasteiger partial charge in [-0.25, -0.2) is 19.7 Å². The molecule has 30 heavy (non-hydrogen) atoms. The Kier molecular flexibility index (Phi) is 5.67. The summed E-state index contributed by atoms with van der Waals surface area (Å²) in [5.41, 5.74) is 5.17. The number of carbonyl (C=O) groups is 1. The maximum atomic E-state index is 12.2. The predicted octanol–water partition coefficient (Wildman–Crippen LogP) is 4.92. The Labute approximate surface area is 179 Å². The van der Waals surface area contributed by atoms with Crippen LogP contribution >= 0.6 is 11.8 Å². The number of hydrogen-bond donors (Lipinski definition) is 2.